The second-order valence-corrected chi connectivity index (χ2v) is 9.07. The Morgan fingerprint density at radius 1 is 1.32 bits per heavy atom. The van der Waals surface area contributed by atoms with Crippen molar-refractivity contribution in [3.63, 3.8) is 0 Å². The lowest BCUT2D eigenvalue weighted by Gasteiger charge is -2.24. The quantitative estimate of drug-likeness (QED) is 0.339. The summed E-state index contributed by atoms with van der Waals surface area (Å²) in [7, 11) is 0. The number of rotatable bonds is 5. The van der Waals surface area contributed by atoms with Gasteiger partial charge >= 0.3 is 12.3 Å². The van der Waals surface area contributed by atoms with Crippen LogP contribution in [0.15, 0.2) is 29.0 Å². The molecule has 0 aliphatic carbocycles. The monoisotopic (exact) mass is 540 g/mol. The number of amides is 1. The van der Waals surface area contributed by atoms with Crippen LogP contribution in [0.1, 0.15) is 32.3 Å². The van der Waals surface area contributed by atoms with Crippen LogP contribution < -0.4 is 16.0 Å². The molecule has 1 saturated heterocycles. The average molecular weight is 541 g/mol. The van der Waals surface area contributed by atoms with Gasteiger partial charge in [0.25, 0.3) is 0 Å². The van der Waals surface area contributed by atoms with Crippen molar-refractivity contribution in [3.8, 4) is 11.3 Å². The van der Waals surface area contributed by atoms with Gasteiger partial charge in [0, 0.05) is 35.9 Å². The predicted molar refractivity (Wildman–Crippen MR) is 127 cm³/mol. The van der Waals surface area contributed by atoms with E-state index in [2.05, 4.69) is 46.8 Å². The fourth-order valence-corrected chi connectivity index (χ4v) is 4.39. The molecule has 12 heteroatoms. The molecule has 0 radical (unpaired) electrons. The number of halogens is 4. The van der Waals surface area contributed by atoms with Gasteiger partial charge in [0.2, 0.25) is 5.95 Å². The molecular weight excluding hydrogens is 517 g/mol. The number of hydrogen-bond donors (Lipinski definition) is 4. The molecule has 182 valence electrons. The van der Waals surface area contributed by atoms with E-state index in [0.29, 0.717) is 27.6 Å². The van der Waals surface area contributed by atoms with Gasteiger partial charge in [0.15, 0.2) is 0 Å². The Morgan fingerprint density at radius 3 is 2.79 bits per heavy atom. The maximum atomic E-state index is 13.8. The zero-order valence-electron chi connectivity index (χ0n) is 18.5. The summed E-state index contributed by atoms with van der Waals surface area (Å²) in [4.78, 5) is 23.2. The molecule has 1 aliphatic heterocycles. The average Bonchev–Trinajstić information content (AvgIpc) is 3.20. The highest BCUT2D eigenvalue weighted by Gasteiger charge is 2.36. The van der Waals surface area contributed by atoms with Crippen LogP contribution >= 0.6 is 15.9 Å². The number of piperidine rings is 1. The van der Waals surface area contributed by atoms with Gasteiger partial charge in [-0.3, -0.25) is 5.32 Å². The summed E-state index contributed by atoms with van der Waals surface area (Å²) in [5, 5.41) is 9.51. The smallest absolute Gasteiger partial charge is 0.419 e. The molecule has 1 unspecified atom stereocenters. The van der Waals surface area contributed by atoms with Crippen molar-refractivity contribution in [2.75, 3.05) is 23.7 Å². The first kappa shape index (κ1) is 24.3. The van der Waals surface area contributed by atoms with Gasteiger partial charge in [-0.2, -0.15) is 13.2 Å². The van der Waals surface area contributed by atoms with Crippen LogP contribution in [-0.4, -0.2) is 46.3 Å². The maximum Gasteiger partial charge on any atom is 0.419 e. The second-order valence-electron chi connectivity index (χ2n) is 8.27. The summed E-state index contributed by atoms with van der Waals surface area (Å²) in [5.74, 6) is 0.139. The second kappa shape index (κ2) is 9.79. The number of carbonyl (C=O) groups is 1. The number of nitrogens with zero attached hydrogens (tertiary/aromatic N) is 2. The van der Waals surface area contributed by atoms with Crippen molar-refractivity contribution in [2.45, 2.75) is 45.0 Å². The molecule has 1 aliphatic rings. The molecule has 0 saturated carbocycles. The number of alkyl halides is 3. The number of ether oxygens (including phenoxy) is 1. The minimum absolute atomic E-state index is 0.0367. The molecule has 1 fully saturated rings. The van der Waals surface area contributed by atoms with E-state index in [1.165, 1.54) is 6.20 Å². The lowest BCUT2D eigenvalue weighted by molar-refractivity contribution is -0.137. The lowest BCUT2D eigenvalue weighted by atomic mass is 10.1. The van der Waals surface area contributed by atoms with Crippen molar-refractivity contribution in [1.29, 1.82) is 0 Å². The number of carbonyl (C=O) groups excluding carboxylic acids is 1. The highest BCUT2D eigenvalue weighted by Crippen LogP contribution is 2.41. The van der Waals surface area contributed by atoms with Crippen molar-refractivity contribution < 1.29 is 22.7 Å². The SMILES string of the molecule is CC(C)OC(=O)Nc1ccc2c(-c3nc(NC4CCCNC4)ncc3C(F)(F)F)c[nH]c2c1Br. The molecule has 1 amide bonds. The Labute approximate surface area is 202 Å². The summed E-state index contributed by atoms with van der Waals surface area (Å²) in [6, 6.07) is 3.25. The summed E-state index contributed by atoms with van der Waals surface area (Å²) < 4.78 is 47.1. The van der Waals surface area contributed by atoms with E-state index in [9.17, 15) is 18.0 Å². The molecule has 3 aromatic rings. The predicted octanol–water partition coefficient (Wildman–Crippen LogP) is 5.53. The Morgan fingerprint density at radius 2 is 2.12 bits per heavy atom. The summed E-state index contributed by atoms with van der Waals surface area (Å²) >= 11 is 3.42. The Bertz CT molecular complexity index is 1190. The van der Waals surface area contributed by atoms with Crippen molar-refractivity contribution >= 4 is 44.6 Å². The van der Waals surface area contributed by atoms with E-state index in [1.54, 1.807) is 26.0 Å². The van der Waals surface area contributed by atoms with Gasteiger partial charge < -0.3 is 20.4 Å². The summed E-state index contributed by atoms with van der Waals surface area (Å²) in [6.45, 7) is 5.05. The third-order valence-corrected chi connectivity index (χ3v) is 6.18. The number of nitrogens with one attached hydrogen (secondary N) is 4. The van der Waals surface area contributed by atoms with Gasteiger partial charge in [-0.05, 0) is 55.2 Å². The Balaban J connectivity index is 1.72. The van der Waals surface area contributed by atoms with Crippen LogP contribution in [0.25, 0.3) is 22.2 Å². The molecular formula is C22H24BrF3N6O2. The minimum atomic E-state index is -4.64. The molecule has 34 heavy (non-hydrogen) atoms. The van der Waals surface area contributed by atoms with Gasteiger partial charge in [-0.15, -0.1) is 0 Å². The molecule has 1 atom stereocenters. The number of fused-ring (bicyclic) bond motifs is 1. The number of aromatic nitrogens is 3. The number of benzene rings is 1. The number of aromatic amines is 1. The lowest BCUT2D eigenvalue weighted by Crippen LogP contribution is -2.38. The molecule has 0 bridgehead atoms. The van der Waals surface area contributed by atoms with Gasteiger partial charge in [-0.25, -0.2) is 14.8 Å². The zero-order valence-corrected chi connectivity index (χ0v) is 20.1. The first-order valence-electron chi connectivity index (χ1n) is 10.8. The summed E-state index contributed by atoms with van der Waals surface area (Å²) in [5.41, 5.74) is 0.0328. The standard InChI is InChI=1S/C22H24BrF3N6O2/c1-11(2)34-21(33)31-16-6-5-13-14(9-28-19(13)17(16)23)18-15(22(24,25)26)10-29-20(32-18)30-12-4-3-7-27-8-12/h5-6,9-12,27-28H,3-4,7-8H2,1-2H3,(H,31,33)(H,29,30,32). The van der Waals surface area contributed by atoms with Gasteiger partial charge in [-0.1, -0.05) is 6.07 Å². The van der Waals surface area contributed by atoms with E-state index in [0.717, 1.165) is 25.6 Å². The van der Waals surface area contributed by atoms with Gasteiger partial charge in [0.05, 0.1) is 27.5 Å². The number of hydrogen-bond acceptors (Lipinski definition) is 6. The van der Waals surface area contributed by atoms with E-state index >= 15 is 0 Å². The first-order chi connectivity index (χ1) is 16.1. The van der Waals surface area contributed by atoms with Crippen LogP contribution in [0, 0.1) is 0 Å². The molecule has 8 nitrogen and oxygen atoms in total. The fourth-order valence-electron chi connectivity index (χ4n) is 3.83. The van der Waals surface area contributed by atoms with Crippen LogP contribution in [0.3, 0.4) is 0 Å². The van der Waals surface area contributed by atoms with Crippen LogP contribution in [0.2, 0.25) is 0 Å². The van der Waals surface area contributed by atoms with Crippen LogP contribution in [-0.2, 0) is 10.9 Å². The van der Waals surface area contributed by atoms with Crippen LogP contribution in [0.5, 0.6) is 0 Å². The first-order valence-corrected chi connectivity index (χ1v) is 11.6. The molecule has 4 rings (SSSR count). The van der Waals surface area contributed by atoms with E-state index in [1.807, 2.05) is 0 Å². The fraction of sp³-hybridized carbons (Fsp3) is 0.409. The molecule has 0 spiro atoms. The summed E-state index contributed by atoms with van der Waals surface area (Å²) in [6.07, 6.45) is -1.45. The molecule has 3 heterocycles. The molecule has 1 aromatic carbocycles. The molecule has 2 aromatic heterocycles. The largest absolute Gasteiger partial charge is 0.447 e. The zero-order chi connectivity index (χ0) is 24.5. The Kier molecular flexibility index (Phi) is 6.99. The van der Waals surface area contributed by atoms with Crippen molar-refractivity contribution in [1.82, 2.24) is 20.3 Å². The normalized spacial score (nSPS) is 16.6. The highest BCUT2D eigenvalue weighted by atomic mass is 79.9. The maximum absolute atomic E-state index is 13.8. The minimum Gasteiger partial charge on any atom is -0.447 e. The van der Waals surface area contributed by atoms with E-state index in [4.69, 9.17) is 4.74 Å². The third-order valence-electron chi connectivity index (χ3n) is 5.35. The van der Waals surface area contributed by atoms with E-state index < -0.39 is 17.8 Å². The van der Waals surface area contributed by atoms with Crippen molar-refractivity contribution in [2.24, 2.45) is 0 Å². The third kappa shape index (κ3) is 5.27. The topological polar surface area (TPSA) is 104 Å². The van der Waals surface area contributed by atoms with Gasteiger partial charge in [0.1, 0.15) is 5.56 Å². The van der Waals surface area contributed by atoms with Crippen LogP contribution in [0.4, 0.5) is 29.6 Å². The number of H-pyrrole nitrogens is 1. The highest BCUT2D eigenvalue weighted by molar-refractivity contribution is 9.10. The number of anilines is 2. The Hall–Kier alpha value is -2.86. The van der Waals surface area contributed by atoms with E-state index in [-0.39, 0.29) is 29.4 Å². The van der Waals surface area contributed by atoms with Crippen molar-refractivity contribution in [3.05, 3.63) is 34.6 Å². The molecule has 4 N–H and O–H groups in total.